The van der Waals surface area contributed by atoms with Crippen molar-refractivity contribution in [3.63, 3.8) is 0 Å². The lowest BCUT2D eigenvalue weighted by molar-refractivity contribution is -0.149. The van der Waals surface area contributed by atoms with Gasteiger partial charge in [0.1, 0.15) is 0 Å². The van der Waals surface area contributed by atoms with Crippen molar-refractivity contribution in [2.45, 2.75) is 12.8 Å². The molecule has 5 nitrogen and oxygen atoms in total. The summed E-state index contributed by atoms with van der Waals surface area (Å²) in [5, 5.41) is 0.951. The summed E-state index contributed by atoms with van der Waals surface area (Å²) in [6.45, 7) is 0. The summed E-state index contributed by atoms with van der Waals surface area (Å²) in [6, 6.07) is 9.25. The van der Waals surface area contributed by atoms with Gasteiger partial charge in [-0.15, -0.1) is 0 Å². The molecule has 22 heavy (non-hydrogen) atoms. The number of rotatable bonds is 3. The Labute approximate surface area is 128 Å². The van der Waals surface area contributed by atoms with E-state index in [9.17, 15) is 14.4 Å². The molecule has 0 aromatic heterocycles. The third kappa shape index (κ3) is 1.89. The van der Waals surface area contributed by atoms with Gasteiger partial charge in [0.15, 0.2) is 0 Å². The first-order valence-electron chi connectivity index (χ1n) is 7.54. The number of hydrogen-bond acceptors (Lipinski definition) is 3. The van der Waals surface area contributed by atoms with E-state index in [-0.39, 0.29) is 47.8 Å². The normalized spacial score (nSPS) is 31.7. The van der Waals surface area contributed by atoms with Crippen molar-refractivity contribution in [1.29, 1.82) is 0 Å². The topological polar surface area (TPSA) is 66.5 Å². The van der Waals surface area contributed by atoms with Crippen LogP contribution in [0.25, 0.3) is 0 Å². The van der Waals surface area contributed by atoms with E-state index in [1.165, 1.54) is 0 Å². The molecule has 1 aliphatic heterocycles. The molecule has 0 unspecified atom stereocenters. The molecule has 1 aromatic carbocycles. The van der Waals surface area contributed by atoms with Gasteiger partial charge in [0.25, 0.3) is 11.8 Å². The summed E-state index contributed by atoms with van der Waals surface area (Å²) >= 11 is 0. The zero-order chi connectivity index (χ0) is 15.3. The number of imide groups is 1. The van der Waals surface area contributed by atoms with Crippen molar-refractivity contribution >= 4 is 17.7 Å². The number of fused-ring (bicyclic) bond motifs is 5. The Balaban J connectivity index is 1.47. The summed E-state index contributed by atoms with van der Waals surface area (Å²) in [6.07, 6.45) is 5.11. The van der Waals surface area contributed by atoms with E-state index in [1.54, 1.807) is 0 Å². The smallest absolute Gasteiger partial charge is 0.252 e. The number of hydrazine groups is 1. The van der Waals surface area contributed by atoms with Crippen LogP contribution in [0.5, 0.6) is 0 Å². The molecule has 0 spiro atoms. The average molecular weight is 296 g/mol. The number of hydrogen-bond donors (Lipinski definition) is 1. The van der Waals surface area contributed by atoms with Crippen molar-refractivity contribution in [2.24, 2.45) is 23.7 Å². The second kappa shape index (κ2) is 4.80. The molecule has 1 aromatic rings. The highest BCUT2D eigenvalue weighted by molar-refractivity contribution is 6.07. The Bertz CT molecular complexity index is 652. The molecule has 1 saturated carbocycles. The van der Waals surface area contributed by atoms with Crippen LogP contribution in [0.3, 0.4) is 0 Å². The van der Waals surface area contributed by atoms with Crippen LogP contribution < -0.4 is 5.43 Å². The summed E-state index contributed by atoms with van der Waals surface area (Å²) < 4.78 is 0. The monoisotopic (exact) mass is 296 g/mol. The first-order chi connectivity index (χ1) is 10.6. The standard InChI is InChI=1S/C17H16N2O3/c20-13(8-10-4-2-1-3-5-10)18-19-16(21)14-11-6-7-12(9-11)15(14)17(19)22/h1-7,11-12,14-15H,8-9H2,(H,18,20)/t11-,12-,14-,15-/m1/s1. The molecule has 5 heteroatoms. The van der Waals surface area contributed by atoms with E-state index in [0.29, 0.717) is 0 Å². The molecule has 1 heterocycles. The number of allylic oxidation sites excluding steroid dienone is 2. The number of carbonyl (C=O) groups is 3. The average Bonchev–Trinajstić information content (AvgIpc) is 3.18. The minimum absolute atomic E-state index is 0.151. The zero-order valence-corrected chi connectivity index (χ0v) is 11.9. The van der Waals surface area contributed by atoms with Crippen LogP contribution in [0.15, 0.2) is 42.5 Å². The number of nitrogens with zero attached hydrogens (tertiary/aromatic N) is 1. The lowest BCUT2D eigenvalue weighted by Gasteiger charge is -2.17. The molecule has 2 aliphatic carbocycles. The third-order valence-corrected chi connectivity index (χ3v) is 4.91. The van der Waals surface area contributed by atoms with Gasteiger partial charge in [-0.3, -0.25) is 19.8 Å². The fourth-order valence-corrected chi connectivity index (χ4v) is 3.96. The fraction of sp³-hybridized carbons (Fsp3) is 0.353. The Kier molecular flexibility index (Phi) is 2.89. The Hall–Kier alpha value is -2.43. The van der Waals surface area contributed by atoms with Crippen molar-refractivity contribution in [3.05, 3.63) is 48.0 Å². The molecule has 1 N–H and O–H groups in total. The van der Waals surface area contributed by atoms with Gasteiger partial charge in [-0.05, 0) is 23.8 Å². The summed E-state index contributed by atoms with van der Waals surface area (Å²) in [7, 11) is 0. The maximum Gasteiger partial charge on any atom is 0.252 e. The Morgan fingerprint density at radius 3 is 2.23 bits per heavy atom. The van der Waals surface area contributed by atoms with Gasteiger partial charge in [0, 0.05) is 0 Å². The minimum atomic E-state index is -0.340. The number of benzene rings is 1. The van der Waals surface area contributed by atoms with E-state index in [1.807, 2.05) is 42.5 Å². The zero-order valence-electron chi connectivity index (χ0n) is 11.9. The lowest BCUT2D eigenvalue weighted by atomic mass is 9.85. The molecule has 112 valence electrons. The fourth-order valence-electron chi connectivity index (χ4n) is 3.96. The molecule has 2 bridgehead atoms. The van der Waals surface area contributed by atoms with Crippen molar-refractivity contribution < 1.29 is 14.4 Å². The molecule has 0 radical (unpaired) electrons. The maximum absolute atomic E-state index is 12.4. The molecule has 1 saturated heterocycles. The summed E-state index contributed by atoms with van der Waals surface area (Å²) in [4.78, 5) is 36.9. The first-order valence-corrected chi connectivity index (χ1v) is 7.54. The third-order valence-electron chi connectivity index (χ3n) is 4.91. The van der Waals surface area contributed by atoms with Crippen molar-refractivity contribution in [3.8, 4) is 0 Å². The SMILES string of the molecule is O=C(Cc1ccccc1)NN1C(=O)[C@H]2[C@H](C1=O)[C@@H]1C=C[C@@H]2C1. The van der Waals surface area contributed by atoms with Crippen molar-refractivity contribution in [1.82, 2.24) is 10.4 Å². The van der Waals surface area contributed by atoms with Crippen LogP contribution in [0.1, 0.15) is 12.0 Å². The van der Waals surface area contributed by atoms with Gasteiger partial charge in [0.2, 0.25) is 5.91 Å². The minimum Gasteiger partial charge on any atom is -0.273 e. The molecule has 4 atom stereocenters. The predicted molar refractivity (Wildman–Crippen MR) is 77.9 cm³/mol. The summed E-state index contributed by atoms with van der Waals surface area (Å²) in [5.41, 5.74) is 3.34. The van der Waals surface area contributed by atoms with Gasteiger partial charge < -0.3 is 0 Å². The maximum atomic E-state index is 12.4. The molecule has 4 rings (SSSR count). The van der Waals surface area contributed by atoms with E-state index in [2.05, 4.69) is 5.43 Å². The molecular formula is C17H16N2O3. The highest BCUT2D eigenvalue weighted by Crippen LogP contribution is 2.52. The second-order valence-corrected chi connectivity index (χ2v) is 6.21. The van der Waals surface area contributed by atoms with E-state index >= 15 is 0 Å². The van der Waals surface area contributed by atoms with Crippen LogP contribution in [-0.4, -0.2) is 22.7 Å². The van der Waals surface area contributed by atoms with Crippen molar-refractivity contribution in [2.75, 3.05) is 0 Å². The molecule has 3 aliphatic rings. The van der Waals surface area contributed by atoms with Crippen LogP contribution in [0.4, 0.5) is 0 Å². The lowest BCUT2D eigenvalue weighted by Crippen LogP contribution is -2.47. The molecule has 2 fully saturated rings. The second-order valence-electron chi connectivity index (χ2n) is 6.21. The van der Waals surface area contributed by atoms with E-state index < -0.39 is 0 Å². The largest absolute Gasteiger partial charge is 0.273 e. The van der Waals surface area contributed by atoms with Gasteiger partial charge in [-0.1, -0.05) is 42.5 Å². The van der Waals surface area contributed by atoms with Crippen LogP contribution in [-0.2, 0) is 20.8 Å². The van der Waals surface area contributed by atoms with Gasteiger partial charge in [-0.25, -0.2) is 0 Å². The first kappa shape index (κ1) is 13.2. The van der Waals surface area contributed by atoms with Crippen LogP contribution in [0, 0.1) is 23.7 Å². The molecule has 3 amide bonds. The predicted octanol–water partition coefficient (Wildman–Crippen LogP) is 1.07. The number of nitrogens with one attached hydrogen (secondary N) is 1. The summed E-state index contributed by atoms with van der Waals surface area (Å²) in [5.74, 6) is -1.10. The van der Waals surface area contributed by atoms with Gasteiger partial charge in [0.05, 0.1) is 18.3 Å². The highest BCUT2D eigenvalue weighted by Gasteiger charge is 2.59. The molecular weight excluding hydrogens is 280 g/mol. The van der Waals surface area contributed by atoms with Crippen LogP contribution >= 0.6 is 0 Å². The number of carbonyl (C=O) groups excluding carboxylic acids is 3. The highest BCUT2D eigenvalue weighted by atomic mass is 16.2. The van der Waals surface area contributed by atoms with Gasteiger partial charge >= 0.3 is 0 Å². The Morgan fingerprint density at radius 2 is 1.64 bits per heavy atom. The van der Waals surface area contributed by atoms with Crippen LogP contribution in [0.2, 0.25) is 0 Å². The Morgan fingerprint density at radius 1 is 1.05 bits per heavy atom. The quantitative estimate of drug-likeness (QED) is 0.670. The van der Waals surface area contributed by atoms with E-state index in [4.69, 9.17) is 0 Å². The van der Waals surface area contributed by atoms with Gasteiger partial charge in [-0.2, -0.15) is 5.01 Å². The van der Waals surface area contributed by atoms with E-state index in [0.717, 1.165) is 17.0 Å². The number of amides is 3.